The van der Waals surface area contributed by atoms with Gasteiger partial charge in [-0.3, -0.25) is 0 Å². The molecule has 0 saturated carbocycles. The summed E-state index contributed by atoms with van der Waals surface area (Å²) in [6.07, 6.45) is 1.64. The first-order valence-electron chi connectivity index (χ1n) is 5.82. The molecule has 3 aromatic rings. The van der Waals surface area contributed by atoms with E-state index in [0.29, 0.717) is 11.5 Å². The van der Waals surface area contributed by atoms with Gasteiger partial charge in [-0.05, 0) is 47.7 Å². The number of imidazole rings is 1. The highest BCUT2D eigenvalue weighted by atomic mass is 127. The van der Waals surface area contributed by atoms with Crippen LogP contribution in [0.3, 0.4) is 0 Å². The zero-order valence-corrected chi connectivity index (χ0v) is 12.7. The highest BCUT2D eigenvalue weighted by molar-refractivity contribution is 14.1. The van der Waals surface area contributed by atoms with E-state index < -0.39 is 0 Å². The summed E-state index contributed by atoms with van der Waals surface area (Å²) in [5.74, 6) is 1.55. The fourth-order valence-electron chi connectivity index (χ4n) is 1.97. The Morgan fingerprint density at radius 2 is 2.11 bits per heavy atom. The molecule has 0 bridgehead atoms. The average molecular weight is 365 g/mol. The van der Waals surface area contributed by atoms with Crippen molar-refractivity contribution in [3.05, 3.63) is 40.0 Å². The number of fused-ring (bicyclic) bond motifs is 1. The van der Waals surface area contributed by atoms with Crippen LogP contribution in [0.5, 0.6) is 0 Å². The van der Waals surface area contributed by atoms with Gasteiger partial charge in [0.05, 0.1) is 6.33 Å². The number of aromatic nitrogens is 4. The molecule has 2 heterocycles. The fraction of sp³-hybridized carbons (Fsp3) is 0.154. The Labute approximate surface area is 124 Å². The van der Waals surface area contributed by atoms with Gasteiger partial charge in [-0.1, -0.05) is 6.07 Å². The van der Waals surface area contributed by atoms with E-state index in [1.165, 1.54) is 3.57 Å². The van der Waals surface area contributed by atoms with Crippen LogP contribution in [-0.4, -0.2) is 27.0 Å². The van der Waals surface area contributed by atoms with Crippen LogP contribution in [-0.2, 0) is 0 Å². The Balaban J connectivity index is 2.15. The third kappa shape index (κ3) is 2.27. The summed E-state index contributed by atoms with van der Waals surface area (Å²) in [5, 5.41) is 0. The quantitative estimate of drug-likeness (QED) is 0.710. The summed E-state index contributed by atoms with van der Waals surface area (Å²) in [5.41, 5.74) is 2.63. The van der Waals surface area contributed by atoms with Gasteiger partial charge in [-0.25, -0.2) is 15.0 Å². The maximum atomic E-state index is 4.52. The van der Waals surface area contributed by atoms with Crippen LogP contribution in [0.25, 0.3) is 11.2 Å². The molecule has 96 valence electrons. The van der Waals surface area contributed by atoms with Crippen LogP contribution < -0.4 is 4.90 Å². The molecule has 5 nitrogen and oxygen atoms in total. The molecule has 0 saturated heterocycles. The van der Waals surface area contributed by atoms with Crippen molar-refractivity contribution >= 4 is 45.3 Å². The Morgan fingerprint density at radius 3 is 2.89 bits per heavy atom. The SMILES string of the molecule is Cc1nc(N(C)c2cccc(I)c2)c2[nH]cnc2n1. The third-order valence-corrected chi connectivity index (χ3v) is 3.56. The summed E-state index contributed by atoms with van der Waals surface area (Å²) in [6, 6.07) is 8.27. The summed E-state index contributed by atoms with van der Waals surface area (Å²) in [4.78, 5) is 18.2. The minimum atomic E-state index is 0.694. The van der Waals surface area contributed by atoms with Crippen molar-refractivity contribution < 1.29 is 0 Å². The predicted molar refractivity (Wildman–Crippen MR) is 83.6 cm³/mol. The molecule has 19 heavy (non-hydrogen) atoms. The number of rotatable bonds is 2. The average Bonchev–Trinajstić information content (AvgIpc) is 2.85. The molecule has 0 amide bonds. The Bertz CT molecular complexity index is 737. The van der Waals surface area contributed by atoms with Crippen LogP contribution >= 0.6 is 22.6 Å². The number of halogens is 1. The van der Waals surface area contributed by atoms with Crippen molar-refractivity contribution in [3.63, 3.8) is 0 Å². The van der Waals surface area contributed by atoms with Crippen LogP contribution in [0.2, 0.25) is 0 Å². The maximum Gasteiger partial charge on any atom is 0.183 e. The van der Waals surface area contributed by atoms with E-state index in [1.807, 2.05) is 24.9 Å². The minimum Gasteiger partial charge on any atom is -0.340 e. The van der Waals surface area contributed by atoms with Gasteiger partial charge in [-0.2, -0.15) is 0 Å². The van der Waals surface area contributed by atoms with Gasteiger partial charge in [0.25, 0.3) is 0 Å². The van der Waals surface area contributed by atoms with Gasteiger partial charge in [0, 0.05) is 16.3 Å². The van der Waals surface area contributed by atoms with E-state index >= 15 is 0 Å². The van der Waals surface area contributed by atoms with Crippen molar-refractivity contribution in [1.29, 1.82) is 0 Å². The number of nitrogens with one attached hydrogen (secondary N) is 1. The van der Waals surface area contributed by atoms with E-state index in [4.69, 9.17) is 0 Å². The maximum absolute atomic E-state index is 4.52. The first-order valence-corrected chi connectivity index (χ1v) is 6.90. The molecule has 0 aliphatic rings. The molecule has 0 radical (unpaired) electrons. The van der Waals surface area contributed by atoms with Crippen molar-refractivity contribution in [2.45, 2.75) is 6.92 Å². The van der Waals surface area contributed by atoms with Crippen molar-refractivity contribution in [1.82, 2.24) is 19.9 Å². The number of aryl methyl sites for hydroxylation is 1. The highest BCUT2D eigenvalue weighted by Crippen LogP contribution is 2.27. The van der Waals surface area contributed by atoms with Crippen molar-refractivity contribution in [3.8, 4) is 0 Å². The second-order valence-corrected chi connectivity index (χ2v) is 5.48. The number of hydrogen-bond acceptors (Lipinski definition) is 4. The summed E-state index contributed by atoms with van der Waals surface area (Å²) < 4.78 is 1.19. The van der Waals surface area contributed by atoms with E-state index in [2.05, 4.69) is 60.7 Å². The van der Waals surface area contributed by atoms with Crippen LogP contribution in [0.15, 0.2) is 30.6 Å². The van der Waals surface area contributed by atoms with Gasteiger partial charge in [-0.15, -0.1) is 0 Å². The lowest BCUT2D eigenvalue weighted by Gasteiger charge is -2.19. The lowest BCUT2D eigenvalue weighted by molar-refractivity contribution is 1.04. The summed E-state index contributed by atoms with van der Waals surface area (Å²) >= 11 is 2.30. The monoisotopic (exact) mass is 365 g/mol. The molecular formula is C13H12IN5. The number of nitrogens with zero attached hydrogens (tertiary/aromatic N) is 4. The highest BCUT2D eigenvalue weighted by Gasteiger charge is 2.13. The van der Waals surface area contributed by atoms with Gasteiger partial charge < -0.3 is 9.88 Å². The molecule has 0 unspecified atom stereocenters. The van der Waals surface area contributed by atoms with Crippen LogP contribution in [0.1, 0.15) is 5.82 Å². The minimum absolute atomic E-state index is 0.694. The topological polar surface area (TPSA) is 57.7 Å². The fourth-order valence-corrected chi connectivity index (χ4v) is 2.50. The molecule has 0 atom stereocenters. The number of hydrogen-bond donors (Lipinski definition) is 1. The molecule has 2 aromatic heterocycles. The third-order valence-electron chi connectivity index (χ3n) is 2.89. The smallest absolute Gasteiger partial charge is 0.183 e. The Hall–Kier alpha value is -1.70. The summed E-state index contributed by atoms with van der Waals surface area (Å²) in [6.45, 7) is 1.88. The number of anilines is 2. The lowest BCUT2D eigenvalue weighted by Crippen LogP contribution is -2.13. The zero-order chi connectivity index (χ0) is 13.4. The Kier molecular flexibility index (Phi) is 3.09. The molecule has 0 spiro atoms. The Morgan fingerprint density at radius 1 is 1.26 bits per heavy atom. The van der Waals surface area contributed by atoms with Crippen molar-refractivity contribution in [2.24, 2.45) is 0 Å². The van der Waals surface area contributed by atoms with Gasteiger partial charge in [0.15, 0.2) is 11.5 Å². The predicted octanol–water partition coefficient (Wildman–Crippen LogP) is 3.03. The molecular weight excluding hydrogens is 353 g/mol. The first kappa shape index (κ1) is 12.3. The molecule has 0 aliphatic carbocycles. The van der Waals surface area contributed by atoms with E-state index in [-0.39, 0.29) is 0 Å². The van der Waals surface area contributed by atoms with Crippen LogP contribution in [0.4, 0.5) is 11.5 Å². The zero-order valence-electron chi connectivity index (χ0n) is 10.6. The molecule has 0 fully saturated rings. The van der Waals surface area contributed by atoms with Crippen LogP contribution in [0, 0.1) is 10.5 Å². The second-order valence-electron chi connectivity index (χ2n) is 4.23. The molecule has 6 heteroatoms. The van der Waals surface area contributed by atoms with Gasteiger partial charge in [0.1, 0.15) is 11.3 Å². The van der Waals surface area contributed by atoms with E-state index in [1.54, 1.807) is 6.33 Å². The summed E-state index contributed by atoms with van der Waals surface area (Å²) in [7, 11) is 1.99. The molecule has 1 aromatic carbocycles. The van der Waals surface area contributed by atoms with E-state index in [9.17, 15) is 0 Å². The largest absolute Gasteiger partial charge is 0.340 e. The van der Waals surface area contributed by atoms with Gasteiger partial charge >= 0.3 is 0 Å². The number of aromatic amines is 1. The lowest BCUT2D eigenvalue weighted by atomic mass is 10.3. The number of H-pyrrole nitrogens is 1. The second kappa shape index (κ2) is 4.76. The van der Waals surface area contributed by atoms with Crippen molar-refractivity contribution in [2.75, 3.05) is 11.9 Å². The first-order chi connectivity index (χ1) is 9.15. The van der Waals surface area contributed by atoms with E-state index in [0.717, 1.165) is 17.0 Å². The number of benzene rings is 1. The molecule has 3 rings (SSSR count). The van der Waals surface area contributed by atoms with Gasteiger partial charge in [0.2, 0.25) is 0 Å². The normalized spacial score (nSPS) is 10.9. The standard InChI is InChI=1S/C13H12IN5/c1-8-17-12-11(15-7-16-12)13(18-8)19(2)10-5-3-4-9(14)6-10/h3-7H,1-2H3,(H,15,16,17,18). The molecule has 1 N–H and O–H groups in total. The molecule has 0 aliphatic heterocycles.